The van der Waals surface area contributed by atoms with E-state index < -0.39 is 0 Å². The maximum atomic E-state index is 5.53. The molecule has 1 aromatic heterocycles. The number of anilines is 1. The topological polar surface area (TPSA) is 47.0 Å². The number of ether oxygens (including phenoxy) is 1. The van der Waals surface area contributed by atoms with E-state index in [-0.39, 0.29) is 0 Å². The van der Waals surface area contributed by atoms with Crippen molar-refractivity contribution in [3.63, 3.8) is 0 Å². The van der Waals surface area contributed by atoms with E-state index in [2.05, 4.69) is 15.3 Å². The molecule has 1 N–H and O–H groups in total. The molecule has 0 amide bonds. The zero-order valence-electron chi connectivity index (χ0n) is 8.36. The molecule has 0 bridgehead atoms. The van der Waals surface area contributed by atoms with Gasteiger partial charge in [-0.15, -0.1) is 0 Å². The van der Waals surface area contributed by atoms with E-state index in [4.69, 9.17) is 4.74 Å². The fourth-order valence-electron chi connectivity index (χ4n) is 1.65. The number of hydrogen-bond acceptors (Lipinski definition) is 4. The molecule has 0 spiro atoms. The highest BCUT2D eigenvalue weighted by atomic mass is 16.5. The summed E-state index contributed by atoms with van der Waals surface area (Å²) in [5.74, 6) is 1.73. The molecule has 2 rings (SSSR count). The van der Waals surface area contributed by atoms with Crippen LogP contribution in [-0.4, -0.2) is 29.7 Å². The van der Waals surface area contributed by atoms with Gasteiger partial charge in [-0.2, -0.15) is 0 Å². The molecular weight excluding hydrogens is 178 g/mol. The summed E-state index contributed by atoms with van der Waals surface area (Å²) >= 11 is 0. The highest BCUT2D eigenvalue weighted by Crippen LogP contribution is 2.15. The number of hydrogen-bond donors (Lipinski definition) is 1. The predicted octanol–water partition coefficient (Wildman–Crippen LogP) is 1.24. The second-order valence-electron chi connectivity index (χ2n) is 3.45. The molecule has 1 atom stereocenters. The van der Waals surface area contributed by atoms with Crippen molar-refractivity contribution < 1.29 is 4.74 Å². The van der Waals surface area contributed by atoms with Gasteiger partial charge in [0.05, 0.1) is 6.10 Å². The summed E-state index contributed by atoms with van der Waals surface area (Å²) in [6, 6.07) is 1.86. The monoisotopic (exact) mass is 193 g/mol. The Morgan fingerprint density at radius 3 is 3.29 bits per heavy atom. The lowest BCUT2D eigenvalue weighted by atomic mass is 10.2. The lowest BCUT2D eigenvalue weighted by Crippen LogP contribution is -2.12. The Hall–Kier alpha value is -1.16. The summed E-state index contributed by atoms with van der Waals surface area (Å²) < 4.78 is 5.53. The van der Waals surface area contributed by atoms with Crippen LogP contribution in [0.5, 0.6) is 0 Å². The van der Waals surface area contributed by atoms with Gasteiger partial charge in [0.2, 0.25) is 0 Å². The van der Waals surface area contributed by atoms with Crippen LogP contribution in [0.3, 0.4) is 0 Å². The van der Waals surface area contributed by atoms with Gasteiger partial charge in [0, 0.05) is 26.3 Å². The van der Waals surface area contributed by atoms with Crippen LogP contribution in [0, 0.1) is 0 Å². The van der Waals surface area contributed by atoms with Crippen molar-refractivity contribution >= 4 is 5.82 Å². The minimum Gasteiger partial charge on any atom is -0.378 e. The number of rotatable bonds is 3. The van der Waals surface area contributed by atoms with Gasteiger partial charge in [-0.3, -0.25) is 0 Å². The van der Waals surface area contributed by atoms with Crippen LogP contribution in [-0.2, 0) is 11.2 Å². The Labute approximate surface area is 83.7 Å². The second-order valence-corrected chi connectivity index (χ2v) is 3.45. The molecule has 0 saturated carbocycles. The van der Waals surface area contributed by atoms with E-state index in [9.17, 15) is 0 Å². The molecule has 0 aliphatic carbocycles. The van der Waals surface area contributed by atoms with Crippen LogP contribution in [0.15, 0.2) is 12.3 Å². The number of aromatic nitrogens is 2. The van der Waals surface area contributed by atoms with Gasteiger partial charge in [-0.25, -0.2) is 9.97 Å². The van der Waals surface area contributed by atoms with E-state index in [0.29, 0.717) is 6.10 Å². The third-order valence-corrected chi connectivity index (χ3v) is 2.40. The molecule has 1 aliphatic heterocycles. The SMILES string of the molecule is CNc1ccnc(CC2CCCO2)n1. The average molecular weight is 193 g/mol. The molecular formula is C10H15N3O. The number of nitrogens with zero attached hydrogens (tertiary/aromatic N) is 2. The van der Waals surface area contributed by atoms with E-state index in [1.807, 2.05) is 13.1 Å². The molecule has 4 heteroatoms. The normalized spacial score (nSPS) is 21.1. The van der Waals surface area contributed by atoms with E-state index in [0.717, 1.165) is 37.5 Å². The smallest absolute Gasteiger partial charge is 0.133 e. The average Bonchev–Trinajstić information content (AvgIpc) is 2.71. The Morgan fingerprint density at radius 2 is 2.57 bits per heavy atom. The molecule has 76 valence electrons. The first-order valence-corrected chi connectivity index (χ1v) is 5.00. The van der Waals surface area contributed by atoms with Crippen LogP contribution in [0.2, 0.25) is 0 Å². The third-order valence-electron chi connectivity index (χ3n) is 2.40. The molecule has 4 nitrogen and oxygen atoms in total. The molecule has 1 saturated heterocycles. The molecule has 2 heterocycles. The first-order chi connectivity index (χ1) is 6.88. The van der Waals surface area contributed by atoms with Gasteiger partial charge in [0.25, 0.3) is 0 Å². The van der Waals surface area contributed by atoms with Gasteiger partial charge >= 0.3 is 0 Å². The lowest BCUT2D eigenvalue weighted by molar-refractivity contribution is 0.110. The first-order valence-electron chi connectivity index (χ1n) is 5.00. The van der Waals surface area contributed by atoms with Crippen molar-refractivity contribution in [2.45, 2.75) is 25.4 Å². The Balaban J connectivity index is 2.00. The van der Waals surface area contributed by atoms with Crippen LogP contribution in [0.4, 0.5) is 5.82 Å². The Bertz CT molecular complexity index is 297. The Morgan fingerprint density at radius 1 is 1.64 bits per heavy atom. The van der Waals surface area contributed by atoms with E-state index in [1.54, 1.807) is 6.20 Å². The zero-order valence-corrected chi connectivity index (χ0v) is 8.36. The van der Waals surface area contributed by atoms with E-state index >= 15 is 0 Å². The van der Waals surface area contributed by atoms with Crippen molar-refractivity contribution in [3.8, 4) is 0 Å². The summed E-state index contributed by atoms with van der Waals surface area (Å²) in [7, 11) is 1.86. The van der Waals surface area contributed by atoms with E-state index in [1.165, 1.54) is 0 Å². The summed E-state index contributed by atoms with van der Waals surface area (Å²) in [5.41, 5.74) is 0. The minimum atomic E-state index is 0.321. The largest absolute Gasteiger partial charge is 0.378 e. The molecule has 14 heavy (non-hydrogen) atoms. The molecule has 1 aliphatic rings. The second kappa shape index (κ2) is 4.37. The fourth-order valence-corrected chi connectivity index (χ4v) is 1.65. The highest BCUT2D eigenvalue weighted by molar-refractivity contribution is 5.31. The minimum absolute atomic E-state index is 0.321. The van der Waals surface area contributed by atoms with Crippen LogP contribution >= 0.6 is 0 Å². The zero-order chi connectivity index (χ0) is 9.80. The predicted molar refractivity (Wildman–Crippen MR) is 54.3 cm³/mol. The molecule has 1 unspecified atom stereocenters. The summed E-state index contributed by atoms with van der Waals surface area (Å²) in [5, 5.41) is 3.00. The van der Waals surface area contributed by atoms with Crippen molar-refractivity contribution in [1.82, 2.24) is 9.97 Å². The van der Waals surface area contributed by atoms with Crippen molar-refractivity contribution in [2.75, 3.05) is 19.0 Å². The maximum Gasteiger partial charge on any atom is 0.133 e. The van der Waals surface area contributed by atoms with Crippen LogP contribution in [0.25, 0.3) is 0 Å². The number of nitrogens with one attached hydrogen (secondary N) is 1. The highest BCUT2D eigenvalue weighted by Gasteiger charge is 2.17. The molecule has 0 radical (unpaired) electrons. The standard InChI is InChI=1S/C10H15N3O/c1-11-9-4-5-12-10(13-9)7-8-3-2-6-14-8/h4-5,8H,2-3,6-7H2,1H3,(H,11,12,13). The van der Waals surface area contributed by atoms with Gasteiger partial charge < -0.3 is 10.1 Å². The lowest BCUT2D eigenvalue weighted by Gasteiger charge is -2.08. The van der Waals surface area contributed by atoms with Crippen molar-refractivity contribution in [2.24, 2.45) is 0 Å². The van der Waals surface area contributed by atoms with Crippen LogP contribution < -0.4 is 5.32 Å². The maximum absolute atomic E-state index is 5.53. The third kappa shape index (κ3) is 2.20. The summed E-state index contributed by atoms with van der Waals surface area (Å²) in [6.07, 6.45) is 5.23. The van der Waals surface area contributed by atoms with Gasteiger partial charge in [-0.1, -0.05) is 0 Å². The molecule has 1 aromatic rings. The quantitative estimate of drug-likeness (QED) is 0.784. The van der Waals surface area contributed by atoms with Crippen molar-refractivity contribution in [3.05, 3.63) is 18.1 Å². The van der Waals surface area contributed by atoms with Crippen molar-refractivity contribution in [1.29, 1.82) is 0 Å². The van der Waals surface area contributed by atoms with Gasteiger partial charge in [0.1, 0.15) is 11.6 Å². The molecule has 1 fully saturated rings. The Kier molecular flexibility index (Phi) is 2.93. The fraction of sp³-hybridized carbons (Fsp3) is 0.600. The van der Waals surface area contributed by atoms with Gasteiger partial charge in [0.15, 0.2) is 0 Å². The summed E-state index contributed by atoms with van der Waals surface area (Å²) in [6.45, 7) is 0.885. The summed E-state index contributed by atoms with van der Waals surface area (Å²) in [4.78, 5) is 8.57. The first kappa shape index (κ1) is 9.40. The molecule has 0 aromatic carbocycles. The van der Waals surface area contributed by atoms with Crippen LogP contribution in [0.1, 0.15) is 18.7 Å². The van der Waals surface area contributed by atoms with Gasteiger partial charge in [-0.05, 0) is 18.9 Å².